The van der Waals surface area contributed by atoms with Gasteiger partial charge in [0.2, 0.25) is 0 Å². The van der Waals surface area contributed by atoms with Crippen LogP contribution in [0.2, 0.25) is 0 Å². The molecular formula is C11H14N2O3. The lowest BCUT2D eigenvalue weighted by Crippen LogP contribution is -2.39. The highest BCUT2D eigenvalue weighted by molar-refractivity contribution is 6.01. The molecule has 2 N–H and O–H groups in total. The van der Waals surface area contributed by atoms with E-state index in [2.05, 4.69) is 5.16 Å². The van der Waals surface area contributed by atoms with Crippen molar-refractivity contribution in [1.29, 1.82) is 0 Å². The lowest BCUT2D eigenvalue weighted by atomic mass is 10.1. The first-order valence-electron chi connectivity index (χ1n) is 4.74. The molecule has 0 heterocycles. The number of rotatable bonds is 3. The second-order valence-electron chi connectivity index (χ2n) is 3.94. The van der Waals surface area contributed by atoms with E-state index in [0.29, 0.717) is 5.57 Å². The van der Waals surface area contributed by atoms with E-state index in [4.69, 9.17) is 5.21 Å². The van der Waals surface area contributed by atoms with Gasteiger partial charge in [0.25, 0.3) is 0 Å². The van der Waals surface area contributed by atoms with E-state index in [0.717, 1.165) is 5.06 Å². The van der Waals surface area contributed by atoms with Crippen LogP contribution in [0.3, 0.4) is 0 Å². The molecule has 0 unspecified atom stereocenters. The smallest absolute Gasteiger partial charge is 0.178 e. The number of nitrogens with zero attached hydrogens (tertiary/aromatic N) is 2. The van der Waals surface area contributed by atoms with Crippen molar-refractivity contribution in [3.8, 4) is 0 Å². The van der Waals surface area contributed by atoms with Crippen molar-refractivity contribution in [3.05, 3.63) is 36.1 Å². The zero-order valence-electron chi connectivity index (χ0n) is 9.16. The molecular weight excluding hydrogens is 208 g/mol. The molecule has 0 amide bonds. The van der Waals surface area contributed by atoms with Gasteiger partial charge in [0.05, 0.1) is 11.8 Å². The molecule has 0 saturated carbocycles. The van der Waals surface area contributed by atoms with Crippen LogP contribution >= 0.6 is 0 Å². The minimum absolute atomic E-state index is 0.0854. The molecule has 0 bridgehead atoms. The average Bonchev–Trinajstić information content (AvgIpc) is 2.21. The van der Waals surface area contributed by atoms with E-state index >= 15 is 0 Å². The number of carbonyl (C=O) groups is 1. The highest BCUT2D eigenvalue weighted by Gasteiger charge is 2.21. The highest BCUT2D eigenvalue weighted by atomic mass is 16.5. The maximum absolute atomic E-state index is 10.9. The standard InChI is InChI=1S/C11H14N2O3/c1-11(2,8-12-15)13(16)7-9-3-5-10(14)6-4-9/h3-8,15-16H,1-2H3/b12-8+. The minimum atomic E-state index is -0.828. The van der Waals surface area contributed by atoms with E-state index < -0.39 is 5.54 Å². The van der Waals surface area contributed by atoms with Gasteiger partial charge < -0.3 is 5.21 Å². The van der Waals surface area contributed by atoms with Crippen LogP contribution in [0.25, 0.3) is 0 Å². The molecule has 0 aromatic rings. The Morgan fingerprint density at radius 2 is 1.88 bits per heavy atom. The van der Waals surface area contributed by atoms with Gasteiger partial charge in [-0.3, -0.25) is 15.1 Å². The van der Waals surface area contributed by atoms with Crippen molar-refractivity contribution in [2.45, 2.75) is 19.4 Å². The summed E-state index contributed by atoms with van der Waals surface area (Å²) >= 11 is 0. The molecule has 0 fully saturated rings. The Morgan fingerprint density at radius 1 is 1.31 bits per heavy atom. The number of hydrogen-bond acceptors (Lipinski definition) is 5. The minimum Gasteiger partial charge on any atom is -0.411 e. The number of allylic oxidation sites excluding steroid dienone is 5. The molecule has 0 atom stereocenters. The third kappa shape index (κ3) is 3.06. The summed E-state index contributed by atoms with van der Waals surface area (Å²) in [7, 11) is 0. The molecule has 0 radical (unpaired) electrons. The summed E-state index contributed by atoms with van der Waals surface area (Å²) < 4.78 is 0. The largest absolute Gasteiger partial charge is 0.411 e. The van der Waals surface area contributed by atoms with Crippen LogP contribution in [0.5, 0.6) is 0 Å². The van der Waals surface area contributed by atoms with Crippen molar-refractivity contribution in [1.82, 2.24) is 5.06 Å². The van der Waals surface area contributed by atoms with Gasteiger partial charge in [0, 0.05) is 6.20 Å². The first-order chi connectivity index (χ1) is 7.45. The Morgan fingerprint density at radius 3 is 2.38 bits per heavy atom. The van der Waals surface area contributed by atoms with Crippen molar-refractivity contribution in [2.75, 3.05) is 0 Å². The lowest BCUT2D eigenvalue weighted by molar-refractivity contribution is -0.110. The predicted octanol–water partition coefficient (Wildman–Crippen LogP) is 1.50. The van der Waals surface area contributed by atoms with Gasteiger partial charge >= 0.3 is 0 Å². The van der Waals surface area contributed by atoms with Gasteiger partial charge in [0.1, 0.15) is 0 Å². The predicted molar refractivity (Wildman–Crippen MR) is 59.4 cm³/mol. The average molecular weight is 222 g/mol. The van der Waals surface area contributed by atoms with Gasteiger partial charge in [-0.1, -0.05) is 5.16 Å². The fraction of sp³-hybridized carbons (Fsp3) is 0.273. The van der Waals surface area contributed by atoms with Gasteiger partial charge in [0.15, 0.2) is 5.78 Å². The fourth-order valence-electron chi connectivity index (χ4n) is 1.06. The summed E-state index contributed by atoms with van der Waals surface area (Å²) in [6, 6.07) is 0. The molecule has 86 valence electrons. The molecule has 1 rings (SSSR count). The van der Waals surface area contributed by atoms with E-state index in [1.807, 2.05) is 0 Å². The Bertz CT molecular complexity index is 374. The van der Waals surface area contributed by atoms with Crippen molar-refractivity contribution in [2.24, 2.45) is 5.16 Å². The first-order valence-corrected chi connectivity index (χ1v) is 4.74. The van der Waals surface area contributed by atoms with Crippen LogP contribution in [-0.2, 0) is 4.79 Å². The van der Waals surface area contributed by atoms with E-state index in [1.165, 1.54) is 24.6 Å². The Labute approximate surface area is 93.6 Å². The van der Waals surface area contributed by atoms with Crippen molar-refractivity contribution < 1.29 is 15.2 Å². The van der Waals surface area contributed by atoms with Gasteiger partial charge in [-0.05, 0) is 43.7 Å². The van der Waals surface area contributed by atoms with E-state index in [-0.39, 0.29) is 5.78 Å². The maximum atomic E-state index is 10.9. The number of carbonyl (C=O) groups excluding carboxylic acids is 1. The Balaban J connectivity index is 2.81. The maximum Gasteiger partial charge on any atom is 0.178 e. The number of ketones is 1. The first kappa shape index (κ1) is 12.2. The van der Waals surface area contributed by atoms with Crippen LogP contribution in [0, 0.1) is 0 Å². The summed E-state index contributed by atoms with van der Waals surface area (Å²) in [6.07, 6.45) is 8.65. The van der Waals surface area contributed by atoms with Gasteiger partial charge in [-0.25, -0.2) is 0 Å². The Kier molecular flexibility index (Phi) is 3.63. The summed E-state index contributed by atoms with van der Waals surface area (Å²) in [5.41, 5.74) is -0.147. The van der Waals surface area contributed by atoms with Crippen molar-refractivity contribution in [3.63, 3.8) is 0 Å². The van der Waals surface area contributed by atoms with Crippen LogP contribution in [0.15, 0.2) is 41.2 Å². The lowest BCUT2D eigenvalue weighted by Gasteiger charge is -2.28. The summed E-state index contributed by atoms with van der Waals surface area (Å²) in [5, 5.41) is 22.0. The summed E-state index contributed by atoms with van der Waals surface area (Å²) in [6.45, 7) is 3.34. The van der Waals surface area contributed by atoms with Crippen molar-refractivity contribution >= 4 is 12.0 Å². The third-order valence-corrected chi connectivity index (χ3v) is 2.12. The molecule has 16 heavy (non-hydrogen) atoms. The number of hydrogen-bond donors (Lipinski definition) is 2. The molecule has 0 aliphatic heterocycles. The Hall–Kier alpha value is -1.88. The normalized spacial score (nSPS) is 15.9. The summed E-state index contributed by atoms with van der Waals surface area (Å²) in [4.78, 5) is 10.9. The molecule has 0 aromatic heterocycles. The van der Waals surface area contributed by atoms with Crippen LogP contribution in [-0.4, -0.2) is 33.0 Å². The monoisotopic (exact) mass is 222 g/mol. The molecule has 0 saturated heterocycles. The van der Waals surface area contributed by atoms with Crippen LogP contribution in [0.4, 0.5) is 0 Å². The zero-order chi connectivity index (χ0) is 12.2. The van der Waals surface area contributed by atoms with Crippen LogP contribution in [0.1, 0.15) is 13.8 Å². The van der Waals surface area contributed by atoms with Crippen LogP contribution < -0.4 is 0 Å². The molecule has 5 heteroatoms. The quantitative estimate of drug-likeness (QED) is 0.431. The zero-order valence-corrected chi connectivity index (χ0v) is 9.16. The molecule has 1 aliphatic carbocycles. The number of oxime groups is 1. The SMILES string of the molecule is CC(C)(/C=N/O)N(O)C=C1C=CC(=O)C=C1. The number of hydroxylamine groups is 2. The topological polar surface area (TPSA) is 73.1 Å². The molecule has 0 spiro atoms. The van der Waals surface area contributed by atoms with E-state index in [9.17, 15) is 10.0 Å². The second kappa shape index (κ2) is 4.76. The summed E-state index contributed by atoms with van der Waals surface area (Å²) in [5.74, 6) is -0.0854. The van der Waals surface area contributed by atoms with Gasteiger partial charge in [-0.2, -0.15) is 0 Å². The molecule has 1 aliphatic rings. The highest BCUT2D eigenvalue weighted by Crippen LogP contribution is 2.14. The second-order valence-corrected chi connectivity index (χ2v) is 3.94. The van der Waals surface area contributed by atoms with E-state index in [1.54, 1.807) is 26.0 Å². The fourth-order valence-corrected chi connectivity index (χ4v) is 1.06. The molecule has 5 nitrogen and oxygen atoms in total. The molecule has 0 aromatic carbocycles. The third-order valence-electron chi connectivity index (χ3n) is 2.12. The van der Waals surface area contributed by atoms with Gasteiger partial charge in [-0.15, -0.1) is 0 Å².